The zero-order chi connectivity index (χ0) is 15.0. The van der Waals surface area contributed by atoms with E-state index in [1.165, 1.54) is 0 Å². The number of aryl methyl sites for hydroxylation is 2. The van der Waals surface area contributed by atoms with Gasteiger partial charge in [0.25, 0.3) is 0 Å². The molecule has 0 fully saturated rings. The van der Waals surface area contributed by atoms with Gasteiger partial charge >= 0.3 is 0 Å². The van der Waals surface area contributed by atoms with E-state index in [0.29, 0.717) is 11.6 Å². The molecule has 3 aromatic rings. The molecule has 0 spiro atoms. The SMILES string of the molecule is Cc1nn(C)c2ncc(CNc3cc(Cl)ccc3Br)cc12. The molecular formula is C15H14BrClN4. The number of nitrogens with zero attached hydrogens (tertiary/aromatic N) is 3. The Morgan fingerprint density at radius 3 is 2.95 bits per heavy atom. The lowest BCUT2D eigenvalue weighted by Gasteiger charge is -2.09. The lowest BCUT2D eigenvalue weighted by atomic mass is 10.2. The molecule has 0 saturated carbocycles. The first kappa shape index (κ1) is 14.4. The van der Waals surface area contributed by atoms with Crippen molar-refractivity contribution in [2.45, 2.75) is 13.5 Å². The van der Waals surface area contributed by atoms with E-state index in [1.54, 1.807) is 4.68 Å². The van der Waals surface area contributed by atoms with E-state index in [9.17, 15) is 0 Å². The van der Waals surface area contributed by atoms with Crippen LogP contribution in [-0.4, -0.2) is 14.8 Å². The minimum absolute atomic E-state index is 0.677. The summed E-state index contributed by atoms with van der Waals surface area (Å²) in [6, 6.07) is 7.80. The van der Waals surface area contributed by atoms with Crippen molar-refractivity contribution in [2.24, 2.45) is 7.05 Å². The van der Waals surface area contributed by atoms with E-state index in [2.05, 4.69) is 37.4 Å². The maximum atomic E-state index is 6.02. The number of pyridine rings is 1. The molecule has 0 atom stereocenters. The highest BCUT2D eigenvalue weighted by atomic mass is 79.9. The normalized spacial score (nSPS) is 11.0. The molecule has 1 aromatic carbocycles. The summed E-state index contributed by atoms with van der Waals surface area (Å²) < 4.78 is 2.79. The predicted octanol–water partition coefficient (Wildman–Crippen LogP) is 4.30. The summed E-state index contributed by atoms with van der Waals surface area (Å²) in [6.07, 6.45) is 1.87. The number of rotatable bonds is 3. The molecule has 0 amide bonds. The largest absolute Gasteiger partial charge is 0.380 e. The first-order chi connectivity index (χ1) is 10.0. The Kier molecular flexibility index (Phi) is 3.87. The molecule has 0 bridgehead atoms. The summed E-state index contributed by atoms with van der Waals surface area (Å²) in [6.45, 7) is 2.67. The molecule has 2 aromatic heterocycles. The number of nitrogens with one attached hydrogen (secondary N) is 1. The topological polar surface area (TPSA) is 42.7 Å². The van der Waals surface area contributed by atoms with Gasteiger partial charge in [-0.2, -0.15) is 5.10 Å². The summed E-state index contributed by atoms with van der Waals surface area (Å²) in [5.74, 6) is 0. The first-order valence-corrected chi connectivity index (χ1v) is 7.69. The summed E-state index contributed by atoms with van der Waals surface area (Å²) in [5, 5.41) is 9.54. The van der Waals surface area contributed by atoms with E-state index >= 15 is 0 Å². The van der Waals surface area contributed by atoms with Crippen molar-refractivity contribution in [3.05, 3.63) is 51.2 Å². The van der Waals surface area contributed by atoms with E-state index in [1.807, 2.05) is 38.4 Å². The highest BCUT2D eigenvalue weighted by Gasteiger charge is 2.07. The number of anilines is 1. The van der Waals surface area contributed by atoms with Crippen molar-refractivity contribution < 1.29 is 0 Å². The summed E-state index contributed by atoms with van der Waals surface area (Å²) >= 11 is 9.52. The Balaban J connectivity index is 1.85. The van der Waals surface area contributed by atoms with Crippen LogP contribution in [0.1, 0.15) is 11.3 Å². The van der Waals surface area contributed by atoms with Crippen LogP contribution < -0.4 is 5.32 Å². The molecule has 1 N–H and O–H groups in total. The van der Waals surface area contributed by atoms with Crippen molar-refractivity contribution in [2.75, 3.05) is 5.32 Å². The number of halogens is 2. The van der Waals surface area contributed by atoms with Gasteiger partial charge in [0.2, 0.25) is 0 Å². The first-order valence-electron chi connectivity index (χ1n) is 6.52. The zero-order valence-electron chi connectivity index (χ0n) is 11.7. The Labute approximate surface area is 136 Å². The van der Waals surface area contributed by atoms with Crippen LogP contribution in [-0.2, 0) is 13.6 Å². The lowest BCUT2D eigenvalue weighted by Crippen LogP contribution is -2.01. The second-order valence-corrected chi connectivity index (χ2v) is 6.19. The van der Waals surface area contributed by atoms with Gasteiger partial charge in [-0.15, -0.1) is 0 Å². The van der Waals surface area contributed by atoms with Gasteiger partial charge in [-0.3, -0.25) is 4.68 Å². The quantitative estimate of drug-likeness (QED) is 0.752. The average Bonchev–Trinajstić information content (AvgIpc) is 2.75. The van der Waals surface area contributed by atoms with Crippen LogP contribution in [0.4, 0.5) is 5.69 Å². The number of benzene rings is 1. The number of aromatic nitrogens is 3. The second-order valence-electron chi connectivity index (χ2n) is 4.90. The molecule has 3 rings (SSSR count). The van der Waals surface area contributed by atoms with Gasteiger partial charge in [-0.1, -0.05) is 11.6 Å². The fourth-order valence-electron chi connectivity index (χ4n) is 2.28. The lowest BCUT2D eigenvalue weighted by molar-refractivity contribution is 0.773. The van der Waals surface area contributed by atoms with Crippen LogP contribution in [0.25, 0.3) is 11.0 Å². The molecule has 4 nitrogen and oxygen atoms in total. The van der Waals surface area contributed by atoms with Crippen LogP contribution >= 0.6 is 27.5 Å². The van der Waals surface area contributed by atoms with E-state index in [4.69, 9.17) is 11.6 Å². The van der Waals surface area contributed by atoms with Gasteiger partial charge in [-0.25, -0.2) is 4.98 Å². The smallest absolute Gasteiger partial charge is 0.157 e. The average molecular weight is 366 g/mol. The minimum atomic E-state index is 0.677. The third-order valence-electron chi connectivity index (χ3n) is 3.33. The highest BCUT2D eigenvalue weighted by Crippen LogP contribution is 2.26. The third-order valence-corrected chi connectivity index (χ3v) is 4.26. The maximum Gasteiger partial charge on any atom is 0.157 e. The van der Waals surface area contributed by atoms with Gasteiger partial charge in [0.05, 0.1) is 11.4 Å². The van der Waals surface area contributed by atoms with Gasteiger partial charge in [0.1, 0.15) is 0 Å². The van der Waals surface area contributed by atoms with Crippen LogP contribution in [0, 0.1) is 6.92 Å². The standard InChI is InChI=1S/C15H14BrClN4/c1-9-12-5-10(8-19-15(12)21(2)20-9)7-18-14-6-11(17)3-4-13(14)16/h3-6,8,18H,7H2,1-2H3. The van der Waals surface area contributed by atoms with Crippen LogP contribution in [0.5, 0.6) is 0 Å². The van der Waals surface area contributed by atoms with Crippen LogP contribution in [0.3, 0.4) is 0 Å². The zero-order valence-corrected chi connectivity index (χ0v) is 14.0. The second kappa shape index (κ2) is 5.66. The monoisotopic (exact) mass is 364 g/mol. The highest BCUT2D eigenvalue weighted by molar-refractivity contribution is 9.10. The number of hydrogen-bond donors (Lipinski definition) is 1. The van der Waals surface area contributed by atoms with Crippen molar-refractivity contribution in [3.63, 3.8) is 0 Å². The molecule has 108 valence electrons. The van der Waals surface area contributed by atoms with Crippen LogP contribution in [0.15, 0.2) is 34.9 Å². The molecule has 0 aliphatic heterocycles. The Hall–Kier alpha value is -1.59. The van der Waals surface area contributed by atoms with E-state index < -0.39 is 0 Å². The van der Waals surface area contributed by atoms with E-state index in [0.717, 1.165) is 32.5 Å². The van der Waals surface area contributed by atoms with Crippen molar-refractivity contribution >= 4 is 44.3 Å². The predicted molar refractivity (Wildman–Crippen MR) is 89.7 cm³/mol. The van der Waals surface area contributed by atoms with Crippen LogP contribution in [0.2, 0.25) is 5.02 Å². The number of hydrogen-bond acceptors (Lipinski definition) is 3. The van der Waals surface area contributed by atoms with Gasteiger partial charge in [-0.05, 0) is 52.7 Å². The van der Waals surface area contributed by atoms with Gasteiger partial charge in [0, 0.05) is 34.7 Å². The van der Waals surface area contributed by atoms with Gasteiger partial charge in [0.15, 0.2) is 5.65 Å². The Morgan fingerprint density at radius 2 is 2.14 bits per heavy atom. The number of fused-ring (bicyclic) bond motifs is 1. The molecule has 0 aliphatic rings. The molecule has 6 heteroatoms. The maximum absolute atomic E-state index is 6.02. The minimum Gasteiger partial charge on any atom is -0.380 e. The summed E-state index contributed by atoms with van der Waals surface area (Å²) in [5.41, 5.74) is 3.96. The third kappa shape index (κ3) is 2.89. The molecule has 0 unspecified atom stereocenters. The van der Waals surface area contributed by atoms with Crippen molar-refractivity contribution in [1.29, 1.82) is 0 Å². The fourth-order valence-corrected chi connectivity index (χ4v) is 2.84. The molecule has 2 heterocycles. The summed E-state index contributed by atoms with van der Waals surface area (Å²) in [7, 11) is 1.91. The molecular weight excluding hydrogens is 352 g/mol. The molecule has 0 radical (unpaired) electrons. The van der Waals surface area contributed by atoms with Gasteiger partial charge < -0.3 is 5.32 Å². The van der Waals surface area contributed by atoms with E-state index in [-0.39, 0.29) is 0 Å². The molecule has 0 aliphatic carbocycles. The summed E-state index contributed by atoms with van der Waals surface area (Å²) in [4.78, 5) is 4.48. The Morgan fingerprint density at radius 1 is 1.33 bits per heavy atom. The van der Waals surface area contributed by atoms with Crippen molar-refractivity contribution in [1.82, 2.24) is 14.8 Å². The van der Waals surface area contributed by atoms with Crippen molar-refractivity contribution in [3.8, 4) is 0 Å². The fraction of sp³-hybridized carbons (Fsp3) is 0.200. The Bertz CT molecular complexity index is 813. The molecule has 0 saturated heterocycles. The molecule has 21 heavy (non-hydrogen) atoms.